The lowest BCUT2D eigenvalue weighted by Crippen LogP contribution is -2.37. The van der Waals surface area contributed by atoms with Crippen molar-refractivity contribution in [3.05, 3.63) is 59.9 Å². The van der Waals surface area contributed by atoms with Crippen molar-refractivity contribution >= 4 is 6.03 Å². The number of alkyl halides is 3. The van der Waals surface area contributed by atoms with Gasteiger partial charge in [0.05, 0.1) is 12.1 Å². The number of amides is 2. The molecule has 8 heteroatoms. The normalized spacial score (nSPS) is 11.0. The van der Waals surface area contributed by atoms with Crippen molar-refractivity contribution in [3.8, 4) is 5.75 Å². The standard InChI is InChI=1S/C16H16F3N3O2/c17-16(18,19)13-5-1-2-6-14(13)24-9-8-21-15(23)22-11-12-4-3-7-20-10-12/h1-7,10H,8-9,11H2,(H2,21,22,23). The van der Waals surface area contributed by atoms with Gasteiger partial charge in [-0.2, -0.15) is 13.2 Å². The Kier molecular flexibility index (Phi) is 6.00. The van der Waals surface area contributed by atoms with Gasteiger partial charge in [0, 0.05) is 18.9 Å². The van der Waals surface area contributed by atoms with Crippen molar-refractivity contribution < 1.29 is 22.7 Å². The molecule has 128 valence electrons. The van der Waals surface area contributed by atoms with Gasteiger partial charge in [0.25, 0.3) is 0 Å². The Labute approximate surface area is 136 Å². The molecule has 0 bridgehead atoms. The molecule has 0 unspecified atom stereocenters. The molecule has 2 rings (SSSR count). The minimum absolute atomic E-state index is 0.0745. The summed E-state index contributed by atoms with van der Waals surface area (Å²) in [6.45, 7) is 0.301. The second-order valence-electron chi connectivity index (χ2n) is 4.81. The maximum Gasteiger partial charge on any atom is 0.419 e. The van der Waals surface area contributed by atoms with Gasteiger partial charge in [-0.1, -0.05) is 18.2 Å². The van der Waals surface area contributed by atoms with E-state index in [0.717, 1.165) is 11.6 Å². The summed E-state index contributed by atoms with van der Waals surface area (Å²) in [7, 11) is 0. The molecule has 2 amide bonds. The average Bonchev–Trinajstić information content (AvgIpc) is 2.57. The average molecular weight is 339 g/mol. The van der Waals surface area contributed by atoms with Crippen LogP contribution in [0, 0.1) is 0 Å². The highest BCUT2D eigenvalue weighted by Crippen LogP contribution is 2.35. The molecule has 0 saturated heterocycles. The summed E-state index contributed by atoms with van der Waals surface area (Å²) >= 11 is 0. The number of benzene rings is 1. The van der Waals surface area contributed by atoms with Crippen LogP contribution in [-0.2, 0) is 12.7 Å². The van der Waals surface area contributed by atoms with E-state index < -0.39 is 17.8 Å². The summed E-state index contributed by atoms with van der Waals surface area (Å²) < 4.78 is 43.5. The highest BCUT2D eigenvalue weighted by Gasteiger charge is 2.33. The molecule has 0 atom stereocenters. The number of pyridine rings is 1. The maximum atomic E-state index is 12.8. The van der Waals surface area contributed by atoms with Gasteiger partial charge in [0.2, 0.25) is 0 Å². The number of para-hydroxylation sites is 1. The SMILES string of the molecule is O=C(NCCOc1ccccc1C(F)(F)F)NCc1cccnc1. The predicted molar refractivity (Wildman–Crippen MR) is 81.4 cm³/mol. The molecule has 0 spiro atoms. The maximum absolute atomic E-state index is 12.8. The second-order valence-corrected chi connectivity index (χ2v) is 4.81. The van der Waals surface area contributed by atoms with Gasteiger partial charge >= 0.3 is 12.2 Å². The molecule has 24 heavy (non-hydrogen) atoms. The van der Waals surface area contributed by atoms with Gasteiger partial charge in [0.1, 0.15) is 12.4 Å². The number of urea groups is 1. The van der Waals surface area contributed by atoms with E-state index in [1.165, 1.54) is 18.2 Å². The van der Waals surface area contributed by atoms with Gasteiger partial charge in [0.15, 0.2) is 0 Å². The van der Waals surface area contributed by atoms with Crippen LogP contribution >= 0.6 is 0 Å². The van der Waals surface area contributed by atoms with Gasteiger partial charge in [-0.05, 0) is 23.8 Å². The molecular weight excluding hydrogens is 323 g/mol. The van der Waals surface area contributed by atoms with Gasteiger partial charge in [-0.3, -0.25) is 4.98 Å². The fourth-order valence-electron chi connectivity index (χ4n) is 1.90. The molecule has 0 fully saturated rings. The highest BCUT2D eigenvalue weighted by atomic mass is 19.4. The Hall–Kier alpha value is -2.77. The molecule has 0 saturated carbocycles. The number of nitrogens with one attached hydrogen (secondary N) is 2. The van der Waals surface area contributed by atoms with Crippen molar-refractivity contribution in [2.45, 2.75) is 12.7 Å². The lowest BCUT2D eigenvalue weighted by molar-refractivity contribution is -0.138. The van der Waals surface area contributed by atoms with Crippen LogP contribution < -0.4 is 15.4 Å². The second kappa shape index (κ2) is 8.19. The molecule has 2 aromatic rings. The number of ether oxygens (including phenoxy) is 1. The fourth-order valence-corrected chi connectivity index (χ4v) is 1.90. The molecule has 0 aliphatic rings. The summed E-state index contributed by atoms with van der Waals surface area (Å²) in [4.78, 5) is 15.5. The van der Waals surface area contributed by atoms with Crippen LogP contribution in [0.5, 0.6) is 5.75 Å². The Morgan fingerprint density at radius 1 is 1.12 bits per heavy atom. The monoisotopic (exact) mass is 339 g/mol. The molecule has 0 aliphatic heterocycles. The highest BCUT2D eigenvalue weighted by molar-refractivity contribution is 5.73. The van der Waals surface area contributed by atoms with E-state index in [9.17, 15) is 18.0 Å². The fraction of sp³-hybridized carbons (Fsp3) is 0.250. The Bertz CT molecular complexity index is 663. The third-order valence-corrected chi connectivity index (χ3v) is 3.01. The largest absolute Gasteiger partial charge is 0.491 e. The van der Waals surface area contributed by atoms with Crippen molar-refractivity contribution in [1.82, 2.24) is 15.6 Å². The topological polar surface area (TPSA) is 63.2 Å². The lowest BCUT2D eigenvalue weighted by atomic mass is 10.2. The number of hydrogen-bond acceptors (Lipinski definition) is 3. The number of carbonyl (C=O) groups excluding carboxylic acids is 1. The zero-order valence-electron chi connectivity index (χ0n) is 12.6. The van der Waals surface area contributed by atoms with Crippen LogP contribution in [0.2, 0.25) is 0 Å². The van der Waals surface area contributed by atoms with Crippen LogP contribution in [0.1, 0.15) is 11.1 Å². The van der Waals surface area contributed by atoms with Crippen LogP contribution in [0.3, 0.4) is 0 Å². The number of hydrogen-bond donors (Lipinski definition) is 2. The van der Waals surface area contributed by atoms with Crippen LogP contribution in [0.25, 0.3) is 0 Å². The first kappa shape index (κ1) is 17.6. The van der Waals surface area contributed by atoms with Gasteiger partial charge in [-0.15, -0.1) is 0 Å². The van der Waals surface area contributed by atoms with Crippen LogP contribution in [0.4, 0.5) is 18.0 Å². The summed E-state index contributed by atoms with van der Waals surface area (Å²) in [5.74, 6) is -0.262. The minimum atomic E-state index is -4.48. The smallest absolute Gasteiger partial charge is 0.419 e. The first-order chi connectivity index (χ1) is 11.5. The summed E-state index contributed by atoms with van der Waals surface area (Å²) in [6.07, 6.45) is -1.23. The number of nitrogens with zero attached hydrogens (tertiary/aromatic N) is 1. The molecule has 2 N–H and O–H groups in total. The number of halogens is 3. The van der Waals surface area contributed by atoms with E-state index in [0.29, 0.717) is 6.54 Å². The van der Waals surface area contributed by atoms with E-state index in [1.54, 1.807) is 18.5 Å². The minimum Gasteiger partial charge on any atom is -0.491 e. The predicted octanol–water partition coefficient (Wildman–Crippen LogP) is 2.98. The Balaban J connectivity index is 1.72. The third-order valence-electron chi connectivity index (χ3n) is 3.01. The molecule has 0 radical (unpaired) electrons. The quantitative estimate of drug-likeness (QED) is 0.796. The number of carbonyl (C=O) groups is 1. The number of aromatic nitrogens is 1. The molecule has 0 aliphatic carbocycles. The van der Waals surface area contributed by atoms with Crippen molar-refractivity contribution in [2.75, 3.05) is 13.2 Å². The van der Waals surface area contributed by atoms with E-state index in [4.69, 9.17) is 4.74 Å². The van der Waals surface area contributed by atoms with E-state index in [2.05, 4.69) is 15.6 Å². The lowest BCUT2D eigenvalue weighted by Gasteiger charge is -2.14. The molecular formula is C16H16F3N3O2. The van der Waals surface area contributed by atoms with Crippen molar-refractivity contribution in [3.63, 3.8) is 0 Å². The van der Waals surface area contributed by atoms with E-state index >= 15 is 0 Å². The zero-order chi connectivity index (χ0) is 17.4. The van der Waals surface area contributed by atoms with Gasteiger partial charge in [-0.25, -0.2) is 4.79 Å². The summed E-state index contributed by atoms with van der Waals surface area (Å²) in [6, 6.07) is 8.06. The Morgan fingerprint density at radius 2 is 1.92 bits per heavy atom. The van der Waals surface area contributed by atoms with Crippen molar-refractivity contribution in [1.29, 1.82) is 0 Å². The van der Waals surface area contributed by atoms with Crippen LogP contribution in [-0.4, -0.2) is 24.2 Å². The molecule has 5 nitrogen and oxygen atoms in total. The first-order valence-electron chi connectivity index (χ1n) is 7.16. The molecule has 1 aromatic carbocycles. The molecule has 1 heterocycles. The summed E-state index contributed by atoms with van der Waals surface area (Å²) in [5.41, 5.74) is -0.00552. The van der Waals surface area contributed by atoms with Crippen molar-refractivity contribution in [2.24, 2.45) is 0 Å². The number of rotatable bonds is 6. The first-order valence-corrected chi connectivity index (χ1v) is 7.16. The third kappa shape index (κ3) is 5.45. The zero-order valence-corrected chi connectivity index (χ0v) is 12.6. The molecule has 1 aromatic heterocycles. The van der Waals surface area contributed by atoms with Crippen LogP contribution in [0.15, 0.2) is 48.8 Å². The van der Waals surface area contributed by atoms with E-state index in [1.807, 2.05) is 6.07 Å². The summed E-state index contributed by atoms with van der Waals surface area (Å²) in [5, 5.41) is 5.11. The Morgan fingerprint density at radius 3 is 2.62 bits per heavy atom. The van der Waals surface area contributed by atoms with Gasteiger partial charge < -0.3 is 15.4 Å². The van der Waals surface area contributed by atoms with E-state index in [-0.39, 0.29) is 18.9 Å².